The summed E-state index contributed by atoms with van der Waals surface area (Å²) in [4.78, 5) is 22.0. The molecule has 0 aliphatic heterocycles. The number of nitrogens with zero attached hydrogens (tertiary/aromatic N) is 3. The lowest BCUT2D eigenvalue weighted by atomic mass is 9.97. The molecule has 2 heterocycles. The zero-order chi connectivity index (χ0) is 28.8. The molecule has 0 saturated heterocycles. The number of benzene rings is 2. The van der Waals surface area contributed by atoms with Crippen LogP contribution < -0.4 is 0 Å². The Morgan fingerprint density at radius 2 is 1.95 bits per heavy atom. The van der Waals surface area contributed by atoms with Crippen molar-refractivity contribution in [1.29, 1.82) is 0 Å². The molecule has 41 heavy (non-hydrogen) atoms. The second kappa shape index (κ2) is 13.4. The van der Waals surface area contributed by atoms with E-state index in [4.69, 9.17) is 19.1 Å². The van der Waals surface area contributed by atoms with Crippen molar-refractivity contribution < 1.29 is 13.9 Å². The standard InChI is InChI=1S/C34H39N3O3S/c1-23(2)9-8-10-24(3)18-20-41-34-36-29-21-26(14-16-31(29)40-34)32-35-28-22-27(33(38)39-4)13-15-30(28)37(32)19-17-25-11-6-5-7-12-25/h9,11,13-16,18,21-22H,5-8,10,12,17,19-20H2,1-4H3/b24-18+. The maximum absolute atomic E-state index is 12.2. The summed E-state index contributed by atoms with van der Waals surface area (Å²) in [6, 6.07) is 11.7. The highest BCUT2D eigenvalue weighted by molar-refractivity contribution is 7.99. The lowest BCUT2D eigenvalue weighted by molar-refractivity contribution is 0.0601. The van der Waals surface area contributed by atoms with Crippen LogP contribution in [-0.2, 0) is 11.3 Å². The summed E-state index contributed by atoms with van der Waals surface area (Å²) in [5, 5.41) is 0.672. The van der Waals surface area contributed by atoms with Gasteiger partial charge in [0, 0.05) is 17.9 Å². The molecule has 0 fully saturated rings. The molecular weight excluding hydrogens is 530 g/mol. The van der Waals surface area contributed by atoms with Crippen molar-refractivity contribution in [2.75, 3.05) is 12.9 Å². The summed E-state index contributed by atoms with van der Waals surface area (Å²) >= 11 is 1.61. The summed E-state index contributed by atoms with van der Waals surface area (Å²) in [7, 11) is 1.40. The fourth-order valence-electron chi connectivity index (χ4n) is 5.26. The zero-order valence-electron chi connectivity index (χ0n) is 24.5. The number of oxazole rings is 1. The van der Waals surface area contributed by atoms with Crippen molar-refractivity contribution in [3.05, 3.63) is 76.9 Å². The van der Waals surface area contributed by atoms with E-state index in [-0.39, 0.29) is 5.97 Å². The molecular formula is C34H39N3O3S. The van der Waals surface area contributed by atoms with E-state index in [0.717, 1.165) is 65.1 Å². The second-order valence-corrected chi connectivity index (χ2v) is 12.0. The molecule has 0 unspecified atom stereocenters. The molecule has 5 rings (SSSR count). The minimum atomic E-state index is -0.359. The van der Waals surface area contributed by atoms with E-state index < -0.39 is 0 Å². The van der Waals surface area contributed by atoms with Crippen LogP contribution in [0.1, 0.15) is 76.1 Å². The topological polar surface area (TPSA) is 70.2 Å². The number of aromatic nitrogens is 3. The highest BCUT2D eigenvalue weighted by atomic mass is 32.2. The van der Waals surface area contributed by atoms with Crippen LogP contribution >= 0.6 is 11.8 Å². The second-order valence-electron chi connectivity index (χ2n) is 11.0. The van der Waals surface area contributed by atoms with Gasteiger partial charge >= 0.3 is 5.97 Å². The average molecular weight is 570 g/mol. The van der Waals surface area contributed by atoms with E-state index in [1.165, 1.54) is 49.5 Å². The number of thioether (sulfide) groups is 1. The number of carbonyl (C=O) groups is 1. The largest absolute Gasteiger partial charge is 0.465 e. The SMILES string of the molecule is COC(=O)c1ccc2c(c1)nc(-c1ccc3oc(SC/C=C(\C)CCC=C(C)C)nc3c1)n2CCC1=CCCCC1. The summed E-state index contributed by atoms with van der Waals surface area (Å²) < 4.78 is 13.3. The number of rotatable bonds is 11. The van der Waals surface area contributed by atoms with Gasteiger partial charge in [-0.25, -0.2) is 14.8 Å². The Labute approximate surface area is 246 Å². The van der Waals surface area contributed by atoms with E-state index in [2.05, 4.69) is 49.6 Å². The first-order valence-corrected chi connectivity index (χ1v) is 15.5. The number of esters is 1. The molecule has 1 aliphatic rings. The average Bonchev–Trinajstić information content (AvgIpc) is 3.55. The van der Waals surface area contributed by atoms with Gasteiger partial charge in [-0.1, -0.05) is 46.7 Å². The van der Waals surface area contributed by atoms with Crippen LogP contribution in [0.3, 0.4) is 0 Å². The minimum absolute atomic E-state index is 0.359. The van der Waals surface area contributed by atoms with Gasteiger partial charge in [-0.3, -0.25) is 0 Å². The Kier molecular flexibility index (Phi) is 9.45. The van der Waals surface area contributed by atoms with Crippen molar-refractivity contribution in [3.8, 4) is 11.4 Å². The molecule has 0 radical (unpaired) electrons. The van der Waals surface area contributed by atoms with Gasteiger partial charge in [0.15, 0.2) is 5.58 Å². The van der Waals surface area contributed by atoms with E-state index in [0.29, 0.717) is 10.8 Å². The molecule has 1 aliphatic carbocycles. The molecule has 2 aromatic heterocycles. The molecule has 0 atom stereocenters. The van der Waals surface area contributed by atoms with Crippen molar-refractivity contribution in [2.45, 2.75) is 77.5 Å². The van der Waals surface area contributed by atoms with Crippen LogP contribution in [0.4, 0.5) is 0 Å². The first-order valence-electron chi connectivity index (χ1n) is 14.5. The monoisotopic (exact) mass is 569 g/mol. The number of allylic oxidation sites excluding steroid dienone is 5. The maximum atomic E-state index is 12.2. The van der Waals surface area contributed by atoms with Crippen LogP contribution in [0.5, 0.6) is 0 Å². The van der Waals surface area contributed by atoms with Crippen molar-refractivity contribution >= 4 is 39.9 Å². The molecule has 0 saturated carbocycles. The summed E-state index contributed by atoms with van der Waals surface area (Å²) in [6.07, 6.45) is 15.0. The molecule has 7 heteroatoms. The minimum Gasteiger partial charge on any atom is -0.465 e. The van der Waals surface area contributed by atoms with E-state index in [1.807, 2.05) is 30.3 Å². The molecule has 4 aromatic rings. The smallest absolute Gasteiger partial charge is 0.337 e. The molecule has 0 amide bonds. The third-order valence-electron chi connectivity index (χ3n) is 7.57. The van der Waals surface area contributed by atoms with E-state index in [9.17, 15) is 4.79 Å². The maximum Gasteiger partial charge on any atom is 0.337 e. The van der Waals surface area contributed by atoms with Gasteiger partial charge in [-0.15, -0.1) is 0 Å². The summed E-state index contributed by atoms with van der Waals surface area (Å²) in [6.45, 7) is 7.29. The Morgan fingerprint density at radius 3 is 2.73 bits per heavy atom. The fourth-order valence-corrected chi connectivity index (χ4v) is 6.08. The molecule has 2 aromatic carbocycles. The van der Waals surface area contributed by atoms with Crippen molar-refractivity contribution in [3.63, 3.8) is 0 Å². The quantitative estimate of drug-likeness (QED) is 0.102. The van der Waals surface area contributed by atoms with Gasteiger partial charge in [0.25, 0.3) is 5.22 Å². The van der Waals surface area contributed by atoms with Gasteiger partial charge < -0.3 is 13.7 Å². The number of aryl methyl sites for hydroxylation is 1. The number of hydrogen-bond donors (Lipinski definition) is 0. The molecule has 0 bridgehead atoms. The Bertz CT molecular complexity index is 1640. The number of methoxy groups -OCH3 is 1. The van der Waals surface area contributed by atoms with Crippen LogP contribution in [0.25, 0.3) is 33.5 Å². The number of hydrogen-bond acceptors (Lipinski definition) is 6. The number of fused-ring (bicyclic) bond motifs is 2. The van der Waals surface area contributed by atoms with Crippen LogP contribution in [0, 0.1) is 0 Å². The van der Waals surface area contributed by atoms with Crippen LogP contribution in [0.15, 0.2) is 81.0 Å². The third-order valence-corrected chi connectivity index (χ3v) is 8.32. The van der Waals surface area contributed by atoms with Gasteiger partial charge in [-0.2, -0.15) is 0 Å². The lowest BCUT2D eigenvalue weighted by Gasteiger charge is -2.15. The molecule has 214 valence electrons. The third kappa shape index (κ3) is 7.20. The highest BCUT2D eigenvalue weighted by Gasteiger charge is 2.17. The first-order chi connectivity index (χ1) is 19.9. The number of carbonyl (C=O) groups excluding carboxylic acids is 1. The summed E-state index contributed by atoms with van der Waals surface area (Å²) in [5.41, 5.74) is 9.11. The van der Waals surface area contributed by atoms with Gasteiger partial charge in [0.05, 0.1) is 23.7 Å². The van der Waals surface area contributed by atoms with E-state index >= 15 is 0 Å². The van der Waals surface area contributed by atoms with Crippen LogP contribution in [0.2, 0.25) is 0 Å². The fraction of sp³-hybridized carbons (Fsp3) is 0.382. The van der Waals surface area contributed by atoms with Gasteiger partial charge in [0.2, 0.25) is 0 Å². The molecule has 0 N–H and O–H groups in total. The first kappa shape index (κ1) is 28.9. The normalized spacial score (nSPS) is 14.0. The predicted octanol–water partition coefficient (Wildman–Crippen LogP) is 9.31. The zero-order valence-corrected chi connectivity index (χ0v) is 25.4. The van der Waals surface area contributed by atoms with Gasteiger partial charge in [-0.05, 0) is 102 Å². The van der Waals surface area contributed by atoms with Crippen molar-refractivity contribution in [2.24, 2.45) is 0 Å². The lowest BCUT2D eigenvalue weighted by Crippen LogP contribution is -2.04. The van der Waals surface area contributed by atoms with Crippen molar-refractivity contribution in [1.82, 2.24) is 14.5 Å². The molecule has 6 nitrogen and oxygen atoms in total. The van der Waals surface area contributed by atoms with Gasteiger partial charge in [0.1, 0.15) is 11.3 Å². The van der Waals surface area contributed by atoms with E-state index in [1.54, 1.807) is 11.8 Å². The Morgan fingerprint density at radius 1 is 1.07 bits per heavy atom. The highest BCUT2D eigenvalue weighted by Crippen LogP contribution is 2.32. The number of ether oxygens (including phenoxy) is 1. The van der Waals surface area contributed by atoms with Crippen LogP contribution in [-0.4, -0.2) is 33.4 Å². The Hall–Kier alpha value is -3.58. The predicted molar refractivity (Wildman–Crippen MR) is 168 cm³/mol. The summed E-state index contributed by atoms with van der Waals surface area (Å²) in [5.74, 6) is 1.34. The molecule has 0 spiro atoms. The Balaban J connectivity index is 1.40. The number of imidazole rings is 1.